The summed E-state index contributed by atoms with van der Waals surface area (Å²) in [7, 11) is 0. The van der Waals surface area contributed by atoms with E-state index in [0.29, 0.717) is 5.92 Å². The highest BCUT2D eigenvalue weighted by Crippen LogP contribution is 2.31. The second-order valence-electron chi connectivity index (χ2n) is 5.00. The Morgan fingerprint density at radius 2 is 1.72 bits per heavy atom. The van der Waals surface area contributed by atoms with Gasteiger partial charge >= 0.3 is 0 Å². The third-order valence-corrected chi connectivity index (χ3v) is 3.58. The van der Waals surface area contributed by atoms with Gasteiger partial charge in [0.2, 0.25) is 0 Å². The standard InChI is InChI=1S/C17H17N/c1-4-18-16-8-6-5-7-14(16)15-11-13(12(2)3)9-10-17(15)18/h4-12H,1H2,2-3H3. The maximum Gasteiger partial charge on any atom is 0.0534 e. The van der Waals surface area contributed by atoms with Crippen LogP contribution in [0, 0.1) is 0 Å². The van der Waals surface area contributed by atoms with Crippen molar-refractivity contribution >= 4 is 28.0 Å². The molecule has 1 nitrogen and oxygen atoms in total. The van der Waals surface area contributed by atoms with E-state index in [1.807, 2.05) is 6.20 Å². The summed E-state index contributed by atoms with van der Waals surface area (Å²) in [6.07, 6.45) is 1.89. The number of nitrogens with zero attached hydrogens (tertiary/aromatic N) is 1. The lowest BCUT2D eigenvalue weighted by atomic mass is 10.0. The van der Waals surface area contributed by atoms with E-state index < -0.39 is 0 Å². The van der Waals surface area contributed by atoms with Crippen LogP contribution >= 0.6 is 0 Å². The smallest absolute Gasteiger partial charge is 0.0534 e. The van der Waals surface area contributed by atoms with Gasteiger partial charge in [-0.1, -0.05) is 44.7 Å². The van der Waals surface area contributed by atoms with Crippen molar-refractivity contribution in [3.05, 3.63) is 54.6 Å². The number of para-hydroxylation sites is 1. The van der Waals surface area contributed by atoms with Gasteiger partial charge in [-0.2, -0.15) is 0 Å². The molecule has 1 aromatic heterocycles. The third kappa shape index (κ3) is 1.47. The van der Waals surface area contributed by atoms with Crippen molar-refractivity contribution < 1.29 is 0 Å². The Bertz CT molecular complexity index is 732. The maximum atomic E-state index is 3.92. The van der Waals surface area contributed by atoms with Gasteiger partial charge in [-0.25, -0.2) is 0 Å². The van der Waals surface area contributed by atoms with Crippen molar-refractivity contribution in [3.8, 4) is 0 Å². The average Bonchev–Trinajstić information content (AvgIpc) is 2.71. The normalized spacial score (nSPS) is 11.5. The molecule has 0 aliphatic rings. The van der Waals surface area contributed by atoms with E-state index in [1.165, 1.54) is 27.4 Å². The average molecular weight is 235 g/mol. The summed E-state index contributed by atoms with van der Waals surface area (Å²) in [5, 5.41) is 2.62. The molecule has 0 bridgehead atoms. The highest BCUT2D eigenvalue weighted by molar-refractivity contribution is 6.09. The van der Waals surface area contributed by atoms with Crippen molar-refractivity contribution in [2.45, 2.75) is 19.8 Å². The molecule has 0 unspecified atom stereocenters. The predicted octanol–water partition coefficient (Wildman–Crippen LogP) is 5.02. The van der Waals surface area contributed by atoms with Gasteiger partial charge in [0.05, 0.1) is 11.0 Å². The minimum Gasteiger partial charge on any atom is -0.317 e. The number of hydrogen-bond donors (Lipinski definition) is 0. The molecule has 0 aliphatic heterocycles. The summed E-state index contributed by atoms with van der Waals surface area (Å²) in [4.78, 5) is 0. The molecule has 90 valence electrons. The van der Waals surface area contributed by atoms with Crippen LogP contribution in [0.3, 0.4) is 0 Å². The molecule has 0 spiro atoms. The summed E-state index contributed by atoms with van der Waals surface area (Å²) in [5.41, 5.74) is 3.84. The monoisotopic (exact) mass is 235 g/mol. The van der Waals surface area contributed by atoms with Crippen LogP contribution in [-0.2, 0) is 0 Å². The highest BCUT2D eigenvalue weighted by atomic mass is 14.9. The van der Waals surface area contributed by atoms with Crippen LogP contribution in [0.2, 0.25) is 0 Å². The zero-order valence-corrected chi connectivity index (χ0v) is 10.9. The Balaban J connectivity index is 2.48. The SMILES string of the molecule is C=Cn1c2ccccc2c2cc(C(C)C)ccc21. The van der Waals surface area contributed by atoms with E-state index in [4.69, 9.17) is 0 Å². The van der Waals surface area contributed by atoms with Crippen molar-refractivity contribution in [2.75, 3.05) is 0 Å². The second kappa shape index (κ2) is 4.02. The zero-order valence-electron chi connectivity index (χ0n) is 10.9. The summed E-state index contributed by atoms with van der Waals surface area (Å²) < 4.78 is 2.16. The van der Waals surface area contributed by atoms with E-state index >= 15 is 0 Å². The van der Waals surface area contributed by atoms with Crippen molar-refractivity contribution in [1.82, 2.24) is 4.57 Å². The Labute approximate surface area is 107 Å². The van der Waals surface area contributed by atoms with Crippen LogP contribution in [0.4, 0.5) is 0 Å². The van der Waals surface area contributed by atoms with Gasteiger partial charge in [0.25, 0.3) is 0 Å². The van der Waals surface area contributed by atoms with Crippen LogP contribution in [0.5, 0.6) is 0 Å². The quantitative estimate of drug-likeness (QED) is 0.588. The fourth-order valence-electron chi connectivity index (χ4n) is 2.58. The van der Waals surface area contributed by atoms with E-state index in [9.17, 15) is 0 Å². The van der Waals surface area contributed by atoms with Gasteiger partial charge in [0.1, 0.15) is 0 Å². The first-order chi connectivity index (χ1) is 8.72. The molecule has 0 aliphatic carbocycles. The van der Waals surface area contributed by atoms with Gasteiger partial charge in [-0.15, -0.1) is 0 Å². The molecule has 0 fully saturated rings. The summed E-state index contributed by atoms with van der Waals surface area (Å²) in [5.74, 6) is 0.556. The summed E-state index contributed by atoms with van der Waals surface area (Å²) in [6.45, 7) is 8.38. The number of aromatic nitrogens is 1. The van der Waals surface area contributed by atoms with Gasteiger partial charge < -0.3 is 4.57 Å². The lowest BCUT2D eigenvalue weighted by molar-refractivity contribution is 0.869. The Morgan fingerprint density at radius 3 is 2.44 bits per heavy atom. The highest BCUT2D eigenvalue weighted by Gasteiger charge is 2.09. The Kier molecular flexibility index (Phi) is 2.48. The van der Waals surface area contributed by atoms with Crippen molar-refractivity contribution in [3.63, 3.8) is 0 Å². The van der Waals surface area contributed by atoms with E-state index in [-0.39, 0.29) is 0 Å². The maximum absolute atomic E-state index is 3.92. The molecule has 1 heterocycles. The van der Waals surface area contributed by atoms with Gasteiger partial charge in [-0.05, 0) is 29.7 Å². The van der Waals surface area contributed by atoms with Crippen LogP contribution in [0.25, 0.3) is 28.0 Å². The topological polar surface area (TPSA) is 4.93 Å². The Morgan fingerprint density at radius 1 is 1.00 bits per heavy atom. The van der Waals surface area contributed by atoms with Gasteiger partial charge in [0, 0.05) is 17.0 Å². The van der Waals surface area contributed by atoms with Crippen molar-refractivity contribution in [2.24, 2.45) is 0 Å². The molecule has 2 aromatic carbocycles. The van der Waals surface area contributed by atoms with Crippen LogP contribution in [0.15, 0.2) is 49.0 Å². The third-order valence-electron chi connectivity index (χ3n) is 3.58. The molecule has 0 N–H and O–H groups in total. The summed E-state index contributed by atoms with van der Waals surface area (Å²) in [6, 6.07) is 15.2. The lowest BCUT2D eigenvalue weighted by Gasteiger charge is -2.05. The number of benzene rings is 2. The number of rotatable bonds is 2. The fourth-order valence-corrected chi connectivity index (χ4v) is 2.58. The van der Waals surface area contributed by atoms with Crippen LogP contribution < -0.4 is 0 Å². The largest absolute Gasteiger partial charge is 0.317 e. The minimum atomic E-state index is 0.556. The molecule has 3 aromatic rings. The lowest BCUT2D eigenvalue weighted by Crippen LogP contribution is -1.87. The van der Waals surface area contributed by atoms with E-state index in [1.54, 1.807) is 0 Å². The van der Waals surface area contributed by atoms with Crippen LogP contribution in [-0.4, -0.2) is 4.57 Å². The summed E-state index contributed by atoms with van der Waals surface area (Å²) >= 11 is 0. The molecular weight excluding hydrogens is 218 g/mol. The van der Waals surface area contributed by atoms with E-state index in [0.717, 1.165) is 0 Å². The first-order valence-corrected chi connectivity index (χ1v) is 6.37. The molecule has 18 heavy (non-hydrogen) atoms. The van der Waals surface area contributed by atoms with E-state index in [2.05, 4.69) is 67.5 Å². The van der Waals surface area contributed by atoms with Crippen molar-refractivity contribution in [1.29, 1.82) is 0 Å². The molecule has 3 rings (SSSR count). The fraction of sp³-hybridized carbons (Fsp3) is 0.176. The second-order valence-corrected chi connectivity index (χ2v) is 5.00. The van der Waals surface area contributed by atoms with Gasteiger partial charge in [-0.3, -0.25) is 0 Å². The minimum absolute atomic E-state index is 0.556. The predicted molar refractivity (Wildman–Crippen MR) is 79.9 cm³/mol. The molecule has 0 saturated carbocycles. The zero-order chi connectivity index (χ0) is 12.7. The van der Waals surface area contributed by atoms with Crippen LogP contribution in [0.1, 0.15) is 25.3 Å². The molecule has 1 heteroatoms. The molecule has 0 saturated heterocycles. The van der Waals surface area contributed by atoms with Gasteiger partial charge in [0.15, 0.2) is 0 Å². The molecular formula is C17H17N. The molecule has 0 radical (unpaired) electrons. The Hall–Kier alpha value is -2.02. The number of fused-ring (bicyclic) bond motifs is 3. The first kappa shape index (κ1) is 11.1. The first-order valence-electron chi connectivity index (χ1n) is 6.37. The molecule has 0 atom stereocenters. The molecule has 0 amide bonds. The number of hydrogen-bond acceptors (Lipinski definition) is 0.